The van der Waals surface area contributed by atoms with Crippen LogP contribution >= 0.6 is 0 Å². The number of hydrogen-bond donors (Lipinski definition) is 1. The molecule has 0 bridgehead atoms. The fourth-order valence-electron chi connectivity index (χ4n) is 3.24. The van der Waals surface area contributed by atoms with Gasteiger partial charge in [-0.05, 0) is 31.5 Å². The predicted octanol–water partition coefficient (Wildman–Crippen LogP) is 2.30. The molecule has 0 spiro atoms. The Kier molecular flexibility index (Phi) is 4.59. The standard InChI is InChI=1S/C16H19F3N2O2/c17-16(18,19)14-6-2-1-5-13(14)15(22)20-8-12-9-21-7-3-4-11(21)10-23-12/h1-2,5-6,11-12H,3-4,7-10H2,(H,20,22)/t11-,12-/m1/s1. The van der Waals surface area contributed by atoms with Crippen LogP contribution in [0, 0.1) is 0 Å². The van der Waals surface area contributed by atoms with Crippen LogP contribution in [0.1, 0.15) is 28.8 Å². The first-order valence-electron chi connectivity index (χ1n) is 7.75. The number of benzene rings is 1. The number of carbonyl (C=O) groups is 1. The molecule has 1 amide bonds. The van der Waals surface area contributed by atoms with E-state index >= 15 is 0 Å². The van der Waals surface area contributed by atoms with Crippen molar-refractivity contribution in [2.45, 2.75) is 31.2 Å². The Balaban J connectivity index is 1.60. The average Bonchev–Trinajstić information content (AvgIpc) is 2.99. The first-order chi connectivity index (χ1) is 10.9. The highest BCUT2D eigenvalue weighted by atomic mass is 19.4. The van der Waals surface area contributed by atoms with Crippen LogP contribution in [0.5, 0.6) is 0 Å². The van der Waals surface area contributed by atoms with Crippen molar-refractivity contribution in [2.24, 2.45) is 0 Å². The van der Waals surface area contributed by atoms with Crippen LogP contribution in [0.15, 0.2) is 24.3 Å². The normalized spacial score (nSPS) is 25.2. The molecule has 7 heteroatoms. The Morgan fingerprint density at radius 1 is 1.35 bits per heavy atom. The van der Waals surface area contributed by atoms with E-state index in [1.807, 2.05) is 0 Å². The van der Waals surface area contributed by atoms with Crippen LogP contribution in [-0.2, 0) is 10.9 Å². The summed E-state index contributed by atoms with van der Waals surface area (Å²) in [5, 5.41) is 2.57. The van der Waals surface area contributed by atoms with Crippen molar-refractivity contribution >= 4 is 5.91 Å². The molecule has 0 radical (unpaired) electrons. The van der Waals surface area contributed by atoms with Crippen LogP contribution < -0.4 is 5.32 Å². The molecular formula is C16H19F3N2O2. The minimum Gasteiger partial charge on any atom is -0.373 e. The lowest BCUT2D eigenvalue weighted by Crippen LogP contribution is -2.50. The topological polar surface area (TPSA) is 41.6 Å². The number of fused-ring (bicyclic) bond motifs is 1. The van der Waals surface area contributed by atoms with Crippen molar-refractivity contribution in [1.29, 1.82) is 0 Å². The van der Waals surface area contributed by atoms with Crippen LogP contribution in [-0.4, -0.2) is 49.2 Å². The van der Waals surface area contributed by atoms with Gasteiger partial charge in [0.1, 0.15) is 0 Å². The zero-order chi connectivity index (χ0) is 16.4. The van der Waals surface area contributed by atoms with E-state index in [1.165, 1.54) is 18.2 Å². The number of ether oxygens (including phenoxy) is 1. The number of halogens is 3. The monoisotopic (exact) mass is 328 g/mol. The molecule has 0 unspecified atom stereocenters. The summed E-state index contributed by atoms with van der Waals surface area (Å²) < 4.78 is 44.5. The molecule has 2 aliphatic rings. The number of amides is 1. The highest BCUT2D eigenvalue weighted by molar-refractivity contribution is 5.95. The van der Waals surface area contributed by atoms with Crippen LogP contribution in [0.4, 0.5) is 13.2 Å². The van der Waals surface area contributed by atoms with Crippen LogP contribution in [0.2, 0.25) is 0 Å². The Morgan fingerprint density at radius 3 is 2.91 bits per heavy atom. The van der Waals surface area contributed by atoms with E-state index in [0.717, 1.165) is 25.5 Å². The fourth-order valence-corrected chi connectivity index (χ4v) is 3.24. The first-order valence-corrected chi connectivity index (χ1v) is 7.75. The summed E-state index contributed by atoms with van der Waals surface area (Å²) in [5.74, 6) is -0.718. The van der Waals surface area contributed by atoms with E-state index in [9.17, 15) is 18.0 Å². The lowest BCUT2D eigenvalue weighted by molar-refractivity contribution is -0.137. The highest BCUT2D eigenvalue weighted by Gasteiger charge is 2.35. The van der Waals surface area contributed by atoms with E-state index in [2.05, 4.69) is 10.2 Å². The van der Waals surface area contributed by atoms with Gasteiger partial charge in [0.15, 0.2) is 0 Å². The largest absolute Gasteiger partial charge is 0.417 e. The summed E-state index contributed by atoms with van der Waals surface area (Å²) in [5.41, 5.74) is -1.27. The van der Waals surface area contributed by atoms with E-state index in [0.29, 0.717) is 19.2 Å². The molecule has 1 N–H and O–H groups in total. The summed E-state index contributed by atoms with van der Waals surface area (Å²) in [6.07, 6.45) is -2.45. The van der Waals surface area contributed by atoms with Gasteiger partial charge in [0, 0.05) is 19.1 Å². The third kappa shape index (κ3) is 3.67. The Morgan fingerprint density at radius 2 is 2.13 bits per heavy atom. The molecule has 4 nitrogen and oxygen atoms in total. The molecule has 2 heterocycles. The van der Waals surface area contributed by atoms with Crippen molar-refractivity contribution in [1.82, 2.24) is 10.2 Å². The van der Waals surface area contributed by atoms with Crippen molar-refractivity contribution in [3.05, 3.63) is 35.4 Å². The molecular weight excluding hydrogens is 309 g/mol. The number of rotatable bonds is 3. The summed E-state index contributed by atoms with van der Waals surface area (Å²) >= 11 is 0. The summed E-state index contributed by atoms with van der Waals surface area (Å²) in [7, 11) is 0. The van der Waals surface area contributed by atoms with Gasteiger partial charge in [-0.1, -0.05) is 12.1 Å². The predicted molar refractivity (Wildman–Crippen MR) is 78.1 cm³/mol. The van der Waals surface area contributed by atoms with E-state index < -0.39 is 17.6 Å². The van der Waals surface area contributed by atoms with E-state index in [4.69, 9.17) is 4.74 Å². The van der Waals surface area contributed by atoms with E-state index in [-0.39, 0.29) is 18.2 Å². The Bertz CT molecular complexity index is 577. The summed E-state index contributed by atoms with van der Waals surface area (Å²) in [4.78, 5) is 14.4. The van der Waals surface area contributed by atoms with Crippen LogP contribution in [0.25, 0.3) is 0 Å². The smallest absolute Gasteiger partial charge is 0.373 e. The van der Waals surface area contributed by atoms with Crippen molar-refractivity contribution in [3.63, 3.8) is 0 Å². The second kappa shape index (κ2) is 6.49. The minimum atomic E-state index is -4.54. The van der Waals surface area contributed by atoms with E-state index in [1.54, 1.807) is 0 Å². The Labute approximate surface area is 132 Å². The number of alkyl halides is 3. The number of hydrogen-bond acceptors (Lipinski definition) is 3. The van der Waals surface area contributed by atoms with Gasteiger partial charge in [0.05, 0.1) is 23.8 Å². The van der Waals surface area contributed by atoms with Gasteiger partial charge in [0.2, 0.25) is 0 Å². The summed E-state index contributed by atoms with van der Waals surface area (Å²) in [6.45, 7) is 2.58. The summed E-state index contributed by atoms with van der Waals surface area (Å²) in [6, 6.07) is 5.26. The van der Waals surface area contributed by atoms with Gasteiger partial charge in [-0.25, -0.2) is 0 Å². The molecule has 126 valence electrons. The molecule has 23 heavy (non-hydrogen) atoms. The highest BCUT2D eigenvalue weighted by Crippen LogP contribution is 2.31. The molecule has 1 aromatic rings. The number of morpholine rings is 1. The fraction of sp³-hybridized carbons (Fsp3) is 0.562. The average molecular weight is 328 g/mol. The first kappa shape index (κ1) is 16.3. The molecule has 2 saturated heterocycles. The van der Waals surface area contributed by atoms with Gasteiger partial charge in [-0.2, -0.15) is 13.2 Å². The zero-order valence-electron chi connectivity index (χ0n) is 12.6. The maximum absolute atomic E-state index is 12.9. The molecule has 2 atom stereocenters. The lowest BCUT2D eigenvalue weighted by atomic mass is 10.1. The van der Waals surface area contributed by atoms with Crippen molar-refractivity contribution in [3.8, 4) is 0 Å². The molecule has 3 rings (SSSR count). The van der Waals surface area contributed by atoms with Crippen molar-refractivity contribution < 1.29 is 22.7 Å². The number of nitrogens with one attached hydrogen (secondary N) is 1. The molecule has 2 aliphatic heterocycles. The maximum atomic E-state index is 12.9. The molecule has 1 aromatic carbocycles. The molecule has 2 fully saturated rings. The van der Waals surface area contributed by atoms with Gasteiger partial charge in [-0.15, -0.1) is 0 Å². The van der Waals surface area contributed by atoms with Crippen LogP contribution in [0.3, 0.4) is 0 Å². The molecule has 0 aliphatic carbocycles. The second-order valence-electron chi connectivity index (χ2n) is 6.00. The third-order valence-electron chi connectivity index (χ3n) is 4.43. The van der Waals surface area contributed by atoms with Gasteiger partial charge in [0.25, 0.3) is 5.91 Å². The van der Waals surface area contributed by atoms with Gasteiger partial charge < -0.3 is 10.1 Å². The van der Waals surface area contributed by atoms with Gasteiger partial charge in [-0.3, -0.25) is 9.69 Å². The van der Waals surface area contributed by atoms with Gasteiger partial charge >= 0.3 is 6.18 Å². The quantitative estimate of drug-likeness (QED) is 0.926. The Hall–Kier alpha value is -1.60. The van der Waals surface area contributed by atoms with Crippen molar-refractivity contribution in [2.75, 3.05) is 26.2 Å². The number of carbonyl (C=O) groups excluding carboxylic acids is 1. The maximum Gasteiger partial charge on any atom is 0.417 e. The lowest BCUT2D eigenvalue weighted by Gasteiger charge is -2.35. The number of nitrogens with zero attached hydrogens (tertiary/aromatic N) is 1. The molecule has 0 aromatic heterocycles. The second-order valence-corrected chi connectivity index (χ2v) is 6.00. The SMILES string of the molecule is O=C(NC[C@@H]1CN2CCC[C@@H]2CO1)c1ccccc1C(F)(F)F. The third-order valence-corrected chi connectivity index (χ3v) is 4.43. The molecule has 0 saturated carbocycles. The zero-order valence-corrected chi connectivity index (χ0v) is 12.6. The minimum absolute atomic E-state index is 0.175.